The zero-order valence-electron chi connectivity index (χ0n) is 6.64. The molecule has 0 saturated carbocycles. The van der Waals surface area contributed by atoms with Crippen molar-refractivity contribution in [3.63, 3.8) is 0 Å². The van der Waals surface area contributed by atoms with E-state index < -0.39 is 12.0 Å². The molecule has 12 heavy (non-hydrogen) atoms. The quantitative estimate of drug-likeness (QED) is 0.599. The van der Waals surface area contributed by atoms with Gasteiger partial charge in [-0.1, -0.05) is 30.3 Å². The fourth-order valence-electron chi connectivity index (χ4n) is 0.949. The standard InChI is InChI=1S/C8H9B2NO/c9-8(11-10)7(12)6-4-2-1-3-5-6/h1-5,7-8,11-12H. The maximum atomic E-state index is 9.52. The van der Waals surface area contributed by atoms with E-state index in [1.54, 1.807) is 12.1 Å². The molecule has 0 heterocycles. The molecule has 0 bridgehead atoms. The van der Waals surface area contributed by atoms with Crippen LogP contribution in [-0.4, -0.2) is 26.9 Å². The van der Waals surface area contributed by atoms with Gasteiger partial charge in [-0.2, -0.15) is 0 Å². The van der Waals surface area contributed by atoms with E-state index in [0.29, 0.717) is 0 Å². The van der Waals surface area contributed by atoms with Gasteiger partial charge in [-0.05, 0) is 11.5 Å². The number of rotatable bonds is 3. The van der Waals surface area contributed by atoms with Gasteiger partial charge in [0.2, 0.25) is 0 Å². The summed E-state index contributed by atoms with van der Waals surface area (Å²) in [7, 11) is 10.5. The summed E-state index contributed by atoms with van der Waals surface area (Å²) in [5, 5.41) is 11.8. The van der Waals surface area contributed by atoms with E-state index in [-0.39, 0.29) is 0 Å². The van der Waals surface area contributed by atoms with Crippen LogP contribution in [0.5, 0.6) is 0 Å². The van der Waals surface area contributed by atoms with Gasteiger partial charge in [0, 0.05) is 0 Å². The fraction of sp³-hybridized carbons (Fsp3) is 0.250. The lowest BCUT2D eigenvalue weighted by molar-refractivity contribution is 0.168. The first-order valence-corrected chi connectivity index (χ1v) is 3.70. The Morgan fingerprint density at radius 1 is 1.25 bits per heavy atom. The largest absolute Gasteiger partial charge is 0.388 e. The highest BCUT2D eigenvalue weighted by atomic mass is 16.3. The summed E-state index contributed by atoms with van der Waals surface area (Å²) in [5.74, 6) is -0.632. The molecular formula is C8H9B2NO. The second-order valence-electron chi connectivity index (χ2n) is 2.55. The van der Waals surface area contributed by atoms with Crippen LogP contribution in [0.2, 0.25) is 0 Å². The first-order valence-electron chi connectivity index (χ1n) is 3.70. The molecule has 1 rings (SSSR count). The minimum absolute atomic E-state index is 0.632. The molecule has 0 aliphatic rings. The van der Waals surface area contributed by atoms with Crippen molar-refractivity contribution >= 4 is 15.8 Å². The van der Waals surface area contributed by atoms with Crippen LogP contribution in [-0.2, 0) is 0 Å². The van der Waals surface area contributed by atoms with Crippen LogP contribution in [0.15, 0.2) is 30.3 Å². The summed E-state index contributed by atoms with van der Waals surface area (Å²) in [4.78, 5) is 0. The molecule has 0 aromatic heterocycles. The van der Waals surface area contributed by atoms with Crippen molar-refractivity contribution in [2.24, 2.45) is 0 Å². The molecule has 58 valence electrons. The van der Waals surface area contributed by atoms with Gasteiger partial charge in [0.25, 0.3) is 0 Å². The first-order chi connectivity index (χ1) is 5.75. The topological polar surface area (TPSA) is 32.3 Å². The van der Waals surface area contributed by atoms with Gasteiger partial charge in [0.1, 0.15) is 0 Å². The van der Waals surface area contributed by atoms with E-state index in [1.807, 2.05) is 18.2 Å². The monoisotopic (exact) mass is 157 g/mol. The second-order valence-corrected chi connectivity index (χ2v) is 2.55. The molecule has 4 radical (unpaired) electrons. The van der Waals surface area contributed by atoms with Crippen molar-refractivity contribution in [2.75, 3.05) is 0 Å². The Bertz CT molecular complexity index is 230. The SMILES string of the molecule is [B]NC([B])C(O)c1ccccc1. The Balaban J connectivity index is 2.71. The highest BCUT2D eigenvalue weighted by molar-refractivity contribution is 6.17. The van der Waals surface area contributed by atoms with Crippen molar-refractivity contribution in [3.8, 4) is 0 Å². The van der Waals surface area contributed by atoms with Crippen molar-refractivity contribution in [1.82, 2.24) is 5.23 Å². The molecule has 1 aromatic carbocycles. The van der Waals surface area contributed by atoms with Crippen LogP contribution in [0, 0.1) is 0 Å². The first kappa shape index (κ1) is 9.36. The smallest absolute Gasteiger partial charge is 0.177 e. The summed E-state index contributed by atoms with van der Waals surface area (Å²) < 4.78 is 0. The molecule has 0 aliphatic heterocycles. The Labute approximate surface area is 74.8 Å². The average molecular weight is 157 g/mol. The van der Waals surface area contributed by atoms with E-state index in [4.69, 9.17) is 15.8 Å². The van der Waals surface area contributed by atoms with Crippen molar-refractivity contribution in [2.45, 2.75) is 12.0 Å². The van der Waals surface area contributed by atoms with Gasteiger partial charge < -0.3 is 10.3 Å². The van der Waals surface area contributed by atoms with E-state index in [2.05, 4.69) is 5.23 Å². The van der Waals surface area contributed by atoms with Crippen molar-refractivity contribution in [3.05, 3.63) is 35.9 Å². The number of hydrogen-bond donors (Lipinski definition) is 2. The third-order valence-electron chi connectivity index (χ3n) is 1.67. The minimum atomic E-state index is -0.767. The molecule has 1 aromatic rings. The van der Waals surface area contributed by atoms with E-state index in [1.165, 1.54) is 0 Å². The van der Waals surface area contributed by atoms with Gasteiger partial charge >= 0.3 is 0 Å². The summed E-state index contributed by atoms with van der Waals surface area (Å²) in [6.45, 7) is 0. The van der Waals surface area contributed by atoms with Gasteiger partial charge in [-0.3, -0.25) is 0 Å². The Morgan fingerprint density at radius 2 is 1.83 bits per heavy atom. The van der Waals surface area contributed by atoms with Crippen LogP contribution in [0.4, 0.5) is 0 Å². The van der Waals surface area contributed by atoms with Gasteiger partial charge in [0.05, 0.1) is 14.0 Å². The molecule has 0 saturated heterocycles. The highest BCUT2D eigenvalue weighted by Crippen LogP contribution is 2.13. The number of hydrogen-bond acceptors (Lipinski definition) is 2. The normalized spacial score (nSPS) is 15.4. The van der Waals surface area contributed by atoms with Gasteiger partial charge in [0.15, 0.2) is 7.98 Å². The van der Waals surface area contributed by atoms with Gasteiger partial charge in [-0.15, -0.1) is 0 Å². The average Bonchev–Trinajstić information content (AvgIpc) is 2.17. The molecule has 4 heteroatoms. The molecule has 0 aliphatic carbocycles. The van der Waals surface area contributed by atoms with E-state index in [0.717, 1.165) is 5.56 Å². The predicted octanol–water partition coefficient (Wildman–Crippen LogP) is -0.112. The zero-order valence-corrected chi connectivity index (χ0v) is 6.64. The summed E-state index contributed by atoms with van der Waals surface area (Å²) >= 11 is 0. The third kappa shape index (κ3) is 2.13. The molecule has 2 N–H and O–H groups in total. The number of aliphatic hydroxyl groups is 1. The predicted molar refractivity (Wildman–Crippen MR) is 49.8 cm³/mol. The zero-order chi connectivity index (χ0) is 8.97. The van der Waals surface area contributed by atoms with Crippen LogP contribution in [0.3, 0.4) is 0 Å². The van der Waals surface area contributed by atoms with Crippen molar-refractivity contribution < 1.29 is 5.11 Å². The van der Waals surface area contributed by atoms with Crippen LogP contribution >= 0.6 is 0 Å². The highest BCUT2D eigenvalue weighted by Gasteiger charge is 2.12. The molecule has 2 unspecified atom stereocenters. The molecular weight excluding hydrogens is 148 g/mol. The molecule has 0 amide bonds. The summed E-state index contributed by atoms with van der Waals surface area (Å²) in [6.07, 6.45) is -0.767. The Hall–Kier alpha value is -0.730. The fourth-order valence-corrected chi connectivity index (χ4v) is 0.949. The maximum Gasteiger partial charge on any atom is 0.177 e. The van der Waals surface area contributed by atoms with Crippen LogP contribution in [0.1, 0.15) is 11.7 Å². The number of aliphatic hydroxyl groups excluding tert-OH is 1. The lowest BCUT2D eigenvalue weighted by Crippen LogP contribution is -2.33. The lowest BCUT2D eigenvalue weighted by Gasteiger charge is -2.18. The number of benzene rings is 1. The van der Waals surface area contributed by atoms with Gasteiger partial charge in [-0.25, -0.2) is 0 Å². The summed E-state index contributed by atoms with van der Waals surface area (Å²) in [6, 6.07) is 9.13. The molecule has 0 fully saturated rings. The summed E-state index contributed by atoms with van der Waals surface area (Å²) in [5.41, 5.74) is 0.753. The Morgan fingerprint density at radius 3 is 2.33 bits per heavy atom. The van der Waals surface area contributed by atoms with E-state index >= 15 is 0 Å². The second kappa shape index (κ2) is 4.33. The lowest BCUT2D eigenvalue weighted by atomic mass is 9.86. The van der Waals surface area contributed by atoms with Crippen molar-refractivity contribution in [1.29, 1.82) is 0 Å². The molecule has 2 nitrogen and oxygen atoms in total. The van der Waals surface area contributed by atoms with Crippen LogP contribution < -0.4 is 5.23 Å². The van der Waals surface area contributed by atoms with E-state index in [9.17, 15) is 5.11 Å². The number of nitrogens with one attached hydrogen (secondary N) is 1. The maximum absolute atomic E-state index is 9.52. The van der Waals surface area contributed by atoms with Crippen LogP contribution in [0.25, 0.3) is 0 Å². The Kier molecular flexibility index (Phi) is 3.38. The minimum Gasteiger partial charge on any atom is -0.388 e. The molecule has 2 atom stereocenters. The molecule has 0 spiro atoms. The third-order valence-corrected chi connectivity index (χ3v) is 1.67.